The summed E-state index contributed by atoms with van der Waals surface area (Å²) in [7, 11) is 0. The Balaban J connectivity index is 2.41. The van der Waals surface area contributed by atoms with E-state index in [1.807, 2.05) is 18.7 Å². The van der Waals surface area contributed by atoms with Crippen LogP contribution in [0.4, 0.5) is 4.79 Å². The van der Waals surface area contributed by atoms with E-state index in [1.54, 1.807) is 11.8 Å². The molecule has 1 aliphatic carbocycles. The van der Waals surface area contributed by atoms with E-state index in [0.717, 1.165) is 30.9 Å². The summed E-state index contributed by atoms with van der Waals surface area (Å²) in [4.78, 5) is 24.6. The number of urea groups is 1. The maximum Gasteiger partial charge on any atom is 0.317 e. The zero-order chi connectivity index (χ0) is 15.1. The minimum atomic E-state index is -0.864. The van der Waals surface area contributed by atoms with E-state index in [9.17, 15) is 9.59 Å². The average Bonchev–Trinajstić information content (AvgIpc) is 2.44. The van der Waals surface area contributed by atoms with Crippen LogP contribution in [0.25, 0.3) is 0 Å². The van der Waals surface area contributed by atoms with Gasteiger partial charge >= 0.3 is 12.0 Å². The molecule has 2 amide bonds. The highest BCUT2D eigenvalue weighted by atomic mass is 32.2. The van der Waals surface area contributed by atoms with Gasteiger partial charge in [-0.05, 0) is 38.9 Å². The first kappa shape index (κ1) is 17.1. The third-order valence-electron chi connectivity index (χ3n) is 3.92. The number of nitrogens with one attached hydrogen (secondary N) is 1. The largest absolute Gasteiger partial charge is 0.481 e. The van der Waals surface area contributed by atoms with E-state index in [1.165, 1.54) is 0 Å². The summed E-state index contributed by atoms with van der Waals surface area (Å²) in [5.74, 6) is -1.40. The lowest BCUT2D eigenvalue weighted by molar-refractivity contribution is -0.141. The molecule has 5 nitrogen and oxygen atoms in total. The molecule has 0 radical (unpaired) electrons. The Morgan fingerprint density at radius 2 is 1.95 bits per heavy atom. The van der Waals surface area contributed by atoms with Gasteiger partial charge in [0, 0.05) is 24.4 Å². The molecule has 0 aromatic rings. The highest BCUT2D eigenvalue weighted by Gasteiger charge is 2.24. The van der Waals surface area contributed by atoms with E-state index in [-0.39, 0.29) is 18.6 Å². The Hall–Kier alpha value is -0.910. The van der Waals surface area contributed by atoms with Gasteiger partial charge in [0.2, 0.25) is 0 Å². The second kappa shape index (κ2) is 8.39. The Labute approximate surface area is 125 Å². The molecule has 0 aromatic carbocycles. The third-order valence-corrected chi connectivity index (χ3v) is 5.06. The molecule has 0 heterocycles. The zero-order valence-corrected chi connectivity index (χ0v) is 13.4. The predicted octanol–water partition coefficient (Wildman–Crippen LogP) is 2.41. The quantitative estimate of drug-likeness (QED) is 0.790. The van der Waals surface area contributed by atoms with Gasteiger partial charge in [-0.1, -0.05) is 6.92 Å². The number of carbonyl (C=O) groups is 2. The van der Waals surface area contributed by atoms with Gasteiger partial charge in [0.05, 0.1) is 5.92 Å². The van der Waals surface area contributed by atoms with Crippen molar-refractivity contribution < 1.29 is 14.7 Å². The van der Waals surface area contributed by atoms with Crippen LogP contribution in [0.3, 0.4) is 0 Å². The average molecular weight is 302 g/mol. The molecule has 1 saturated carbocycles. The molecule has 0 bridgehead atoms. The molecule has 0 aliphatic heterocycles. The summed E-state index contributed by atoms with van der Waals surface area (Å²) >= 11 is 1.90. The Kier molecular flexibility index (Phi) is 7.19. The van der Waals surface area contributed by atoms with Crippen LogP contribution >= 0.6 is 11.8 Å². The molecule has 1 atom stereocenters. The first-order valence-corrected chi connectivity index (χ1v) is 8.57. The number of carbonyl (C=O) groups excluding carboxylic acids is 1. The molecular formula is C14H26N2O3S. The molecule has 6 heteroatoms. The number of carboxylic acids is 1. The van der Waals surface area contributed by atoms with Crippen LogP contribution < -0.4 is 5.32 Å². The van der Waals surface area contributed by atoms with Crippen molar-refractivity contribution in [2.45, 2.75) is 50.8 Å². The molecule has 0 spiro atoms. The van der Waals surface area contributed by atoms with Crippen molar-refractivity contribution >= 4 is 23.8 Å². The maximum atomic E-state index is 12.2. The zero-order valence-electron chi connectivity index (χ0n) is 12.6. The molecule has 0 aromatic heterocycles. The molecule has 1 fully saturated rings. The fraction of sp³-hybridized carbons (Fsp3) is 0.857. The minimum Gasteiger partial charge on any atom is -0.481 e. The molecule has 1 aliphatic rings. The predicted molar refractivity (Wildman–Crippen MR) is 82.1 cm³/mol. The number of thioether (sulfide) groups is 1. The number of aliphatic carboxylic acids is 1. The number of amides is 2. The number of nitrogens with zero attached hydrogens (tertiary/aromatic N) is 1. The van der Waals surface area contributed by atoms with Crippen molar-refractivity contribution in [1.82, 2.24) is 10.2 Å². The van der Waals surface area contributed by atoms with Crippen molar-refractivity contribution in [2.75, 3.05) is 19.3 Å². The van der Waals surface area contributed by atoms with Crippen LogP contribution in [-0.2, 0) is 4.79 Å². The first-order valence-electron chi connectivity index (χ1n) is 7.28. The van der Waals surface area contributed by atoms with Gasteiger partial charge in [0.25, 0.3) is 0 Å². The second-order valence-corrected chi connectivity index (χ2v) is 6.57. The van der Waals surface area contributed by atoms with Crippen molar-refractivity contribution in [3.05, 3.63) is 0 Å². The van der Waals surface area contributed by atoms with Crippen LogP contribution in [0, 0.1) is 5.92 Å². The van der Waals surface area contributed by atoms with Crippen molar-refractivity contribution in [1.29, 1.82) is 0 Å². The van der Waals surface area contributed by atoms with Gasteiger partial charge in [-0.15, -0.1) is 0 Å². The summed E-state index contributed by atoms with van der Waals surface area (Å²) in [5.41, 5.74) is 0. The lowest BCUT2D eigenvalue weighted by Gasteiger charge is -2.31. The van der Waals surface area contributed by atoms with Crippen LogP contribution in [0.15, 0.2) is 0 Å². The normalized spacial score (nSPS) is 23.9. The Bertz CT molecular complexity index is 330. The van der Waals surface area contributed by atoms with E-state index in [2.05, 4.69) is 11.6 Å². The number of hydrogen-bond acceptors (Lipinski definition) is 3. The fourth-order valence-corrected chi connectivity index (χ4v) is 3.22. The van der Waals surface area contributed by atoms with Crippen LogP contribution in [-0.4, -0.2) is 52.6 Å². The van der Waals surface area contributed by atoms with Gasteiger partial charge < -0.3 is 15.3 Å². The molecule has 1 rings (SSSR count). The van der Waals surface area contributed by atoms with Gasteiger partial charge in [-0.3, -0.25) is 4.79 Å². The molecule has 116 valence electrons. The van der Waals surface area contributed by atoms with Crippen molar-refractivity contribution in [2.24, 2.45) is 5.92 Å². The van der Waals surface area contributed by atoms with E-state index < -0.39 is 11.9 Å². The fourth-order valence-electron chi connectivity index (χ4n) is 2.47. The van der Waals surface area contributed by atoms with Gasteiger partial charge in [-0.2, -0.15) is 11.8 Å². The van der Waals surface area contributed by atoms with Gasteiger partial charge in [0.1, 0.15) is 0 Å². The van der Waals surface area contributed by atoms with Crippen molar-refractivity contribution in [3.63, 3.8) is 0 Å². The highest BCUT2D eigenvalue weighted by Crippen LogP contribution is 2.26. The summed E-state index contributed by atoms with van der Waals surface area (Å²) in [6.45, 7) is 4.29. The van der Waals surface area contributed by atoms with E-state index in [0.29, 0.717) is 6.54 Å². The molecule has 0 saturated heterocycles. The number of carboxylic acid groups (broad SMARTS) is 1. The first-order chi connectivity index (χ1) is 9.47. The summed E-state index contributed by atoms with van der Waals surface area (Å²) in [6, 6.07) is 0.105. The highest BCUT2D eigenvalue weighted by molar-refractivity contribution is 7.99. The van der Waals surface area contributed by atoms with Crippen molar-refractivity contribution in [3.8, 4) is 0 Å². The smallest absolute Gasteiger partial charge is 0.317 e. The molecule has 2 N–H and O–H groups in total. The molecular weight excluding hydrogens is 276 g/mol. The maximum absolute atomic E-state index is 12.2. The minimum absolute atomic E-state index is 0.131. The Morgan fingerprint density at radius 1 is 1.35 bits per heavy atom. The monoisotopic (exact) mass is 302 g/mol. The summed E-state index contributed by atoms with van der Waals surface area (Å²) in [5, 5.41) is 12.7. The SMILES string of the molecule is CCN(CC(C)C(=O)O)C(=O)NC1CCC(SC)CC1. The number of hydrogen-bond donors (Lipinski definition) is 2. The second-order valence-electron chi connectivity index (χ2n) is 5.44. The third kappa shape index (κ3) is 5.23. The van der Waals surface area contributed by atoms with E-state index in [4.69, 9.17) is 5.11 Å². The number of rotatable bonds is 6. The molecule has 1 unspecified atom stereocenters. The standard InChI is InChI=1S/C14H26N2O3S/c1-4-16(9-10(2)13(17)18)14(19)15-11-5-7-12(20-3)8-6-11/h10-12H,4-9H2,1-3H3,(H,15,19)(H,17,18). The van der Waals surface area contributed by atoms with Crippen LogP contribution in [0.5, 0.6) is 0 Å². The summed E-state index contributed by atoms with van der Waals surface area (Å²) < 4.78 is 0. The topological polar surface area (TPSA) is 69.6 Å². The lowest BCUT2D eigenvalue weighted by atomic mass is 9.95. The van der Waals surface area contributed by atoms with Gasteiger partial charge in [-0.25, -0.2) is 4.79 Å². The molecule has 20 heavy (non-hydrogen) atoms. The van der Waals surface area contributed by atoms with Crippen LogP contribution in [0.1, 0.15) is 39.5 Å². The lowest BCUT2D eigenvalue weighted by Crippen LogP contribution is -2.48. The summed E-state index contributed by atoms with van der Waals surface area (Å²) in [6.07, 6.45) is 6.45. The van der Waals surface area contributed by atoms with Gasteiger partial charge in [0.15, 0.2) is 0 Å². The van der Waals surface area contributed by atoms with Crippen LogP contribution in [0.2, 0.25) is 0 Å². The Morgan fingerprint density at radius 3 is 2.40 bits per heavy atom. The van der Waals surface area contributed by atoms with E-state index >= 15 is 0 Å².